The molecule has 0 spiro atoms. The lowest BCUT2D eigenvalue weighted by Crippen LogP contribution is -1.97. The number of nitrogens with zero attached hydrogens (tertiary/aromatic N) is 3. The Morgan fingerprint density at radius 1 is 1.39 bits per heavy atom. The molecule has 3 aromatic rings. The summed E-state index contributed by atoms with van der Waals surface area (Å²) in [5.74, 6) is 0. The van der Waals surface area contributed by atoms with Crippen LogP contribution in [0.3, 0.4) is 0 Å². The van der Waals surface area contributed by atoms with Crippen LogP contribution in [0, 0.1) is 0 Å². The van der Waals surface area contributed by atoms with E-state index in [1.807, 2.05) is 41.2 Å². The standard InChI is InChI=1S/C13H14N4S/c1-2-6-14-13-15-8-11(18-13)10-9-17-7-4-3-5-12(17)16-10/h3-5,7-9H,2,6H2,1H3,(H,14,15). The highest BCUT2D eigenvalue weighted by Crippen LogP contribution is 2.28. The van der Waals surface area contributed by atoms with Gasteiger partial charge in [-0.3, -0.25) is 0 Å². The first-order valence-corrected chi connectivity index (χ1v) is 6.82. The molecule has 4 nitrogen and oxygen atoms in total. The van der Waals surface area contributed by atoms with E-state index >= 15 is 0 Å². The minimum absolute atomic E-state index is 0.956. The van der Waals surface area contributed by atoms with Gasteiger partial charge < -0.3 is 9.72 Å². The van der Waals surface area contributed by atoms with Gasteiger partial charge in [-0.05, 0) is 18.6 Å². The van der Waals surface area contributed by atoms with Crippen LogP contribution in [0.2, 0.25) is 0 Å². The van der Waals surface area contributed by atoms with E-state index in [1.165, 1.54) is 0 Å². The maximum Gasteiger partial charge on any atom is 0.183 e. The summed E-state index contributed by atoms with van der Waals surface area (Å²) in [5.41, 5.74) is 1.94. The van der Waals surface area contributed by atoms with Gasteiger partial charge in [0.15, 0.2) is 5.13 Å². The lowest BCUT2D eigenvalue weighted by molar-refractivity contribution is 0.976. The van der Waals surface area contributed by atoms with E-state index in [1.54, 1.807) is 11.3 Å². The monoisotopic (exact) mass is 258 g/mol. The molecule has 0 aliphatic heterocycles. The van der Waals surface area contributed by atoms with Crippen molar-refractivity contribution in [3.63, 3.8) is 0 Å². The number of rotatable bonds is 4. The third-order valence-electron chi connectivity index (χ3n) is 2.65. The van der Waals surface area contributed by atoms with Crippen molar-refractivity contribution in [1.82, 2.24) is 14.4 Å². The van der Waals surface area contributed by atoms with E-state index in [0.717, 1.165) is 34.3 Å². The molecule has 1 N–H and O–H groups in total. The smallest absolute Gasteiger partial charge is 0.183 e. The second-order valence-corrected chi connectivity index (χ2v) is 5.08. The van der Waals surface area contributed by atoms with Crippen molar-refractivity contribution in [3.8, 4) is 10.6 Å². The fourth-order valence-corrected chi connectivity index (χ4v) is 2.56. The molecule has 18 heavy (non-hydrogen) atoms. The van der Waals surface area contributed by atoms with Crippen molar-refractivity contribution < 1.29 is 0 Å². The van der Waals surface area contributed by atoms with Gasteiger partial charge in [0.1, 0.15) is 11.3 Å². The normalized spacial score (nSPS) is 10.9. The van der Waals surface area contributed by atoms with Crippen LogP contribution in [0.15, 0.2) is 36.8 Å². The first kappa shape index (κ1) is 11.2. The molecule has 0 aliphatic carbocycles. The summed E-state index contributed by atoms with van der Waals surface area (Å²) in [7, 11) is 0. The molecule has 0 amide bonds. The molecule has 0 fully saturated rings. The minimum Gasteiger partial charge on any atom is -0.362 e. The SMILES string of the molecule is CCCNc1ncc(-c2cn3ccccc3n2)s1. The summed E-state index contributed by atoms with van der Waals surface area (Å²) in [5, 5.41) is 4.25. The average molecular weight is 258 g/mol. The lowest BCUT2D eigenvalue weighted by atomic mass is 10.4. The van der Waals surface area contributed by atoms with Crippen LogP contribution < -0.4 is 5.32 Å². The minimum atomic E-state index is 0.956. The second-order valence-electron chi connectivity index (χ2n) is 4.05. The summed E-state index contributed by atoms with van der Waals surface area (Å²) < 4.78 is 2.02. The molecule has 0 saturated heterocycles. The van der Waals surface area contributed by atoms with Crippen LogP contribution in [-0.4, -0.2) is 20.9 Å². The third kappa shape index (κ3) is 2.09. The molecule has 5 heteroatoms. The average Bonchev–Trinajstić information content (AvgIpc) is 3.02. The molecule has 3 heterocycles. The molecule has 0 radical (unpaired) electrons. The van der Waals surface area contributed by atoms with Crippen LogP contribution in [-0.2, 0) is 0 Å². The van der Waals surface area contributed by atoms with Crippen molar-refractivity contribution in [2.75, 3.05) is 11.9 Å². The Kier molecular flexibility index (Phi) is 2.98. The zero-order valence-corrected chi connectivity index (χ0v) is 10.9. The number of thiazole rings is 1. The number of aromatic nitrogens is 3. The van der Waals surface area contributed by atoms with Gasteiger partial charge in [0.25, 0.3) is 0 Å². The molecule has 0 bridgehead atoms. The Morgan fingerprint density at radius 3 is 3.17 bits per heavy atom. The van der Waals surface area contributed by atoms with E-state index in [4.69, 9.17) is 0 Å². The fraction of sp³-hybridized carbons (Fsp3) is 0.231. The maximum atomic E-state index is 4.58. The fourth-order valence-electron chi connectivity index (χ4n) is 1.76. The Bertz CT molecular complexity index is 623. The number of imidazole rings is 1. The number of hydrogen-bond donors (Lipinski definition) is 1. The zero-order valence-electron chi connectivity index (χ0n) is 10.1. The highest BCUT2D eigenvalue weighted by atomic mass is 32.1. The molecule has 0 saturated carbocycles. The number of anilines is 1. The topological polar surface area (TPSA) is 42.2 Å². The van der Waals surface area contributed by atoms with Crippen molar-refractivity contribution in [2.45, 2.75) is 13.3 Å². The van der Waals surface area contributed by atoms with Crippen LogP contribution >= 0.6 is 11.3 Å². The molecule has 3 aromatic heterocycles. The van der Waals surface area contributed by atoms with Crippen molar-refractivity contribution in [3.05, 3.63) is 36.8 Å². The molecular weight excluding hydrogens is 244 g/mol. The number of hydrogen-bond acceptors (Lipinski definition) is 4. The Hall–Kier alpha value is -1.88. The predicted octanol–water partition coefficient (Wildman–Crippen LogP) is 3.28. The molecular formula is C13H14N4S. The summed E-state index contributed by atoms with van der Waals surface area (Å²) in [6.07, 6.45) is 7.02. The van der Waals surface area contributed by atoms with E-state index in [0.29, 0.717) is 0 Å². The van der Waals surface area contributed by atoms with Crippen LogP contribution in [0.5, 0.6) is 0 Å². The van der Waals surface area contributed by atoms with Gasteiger partial charge in [-0.25, -0.2) is 9.97 Å². The predicted molar refractivity (Wildman–Crippen MR) is 75.1 cm³/mol. The van der Waals surface area contributed by atoms with Crippen molar-refractivity contribution >= 4 is 22.1 Å². The summed E-state index contributed by atoms with van der Waals surface area (Å²) in [4.78, 5) is 10.0. The van der Waals surface area contributed by atoms with Crippen LogP contribution in [0.4, 0.5) is 5.13 Å². The highest BCUT2D eigenvalue weighted by Gasteiger charge is 2.07. The Morgan fingerprint density at radius 2 is 2.33 bits per heavy atom. The summed E-state index contributed by atoms with van der Waals surface area (Å²) in [6, 6.07) is 5.99. The van der Waals surface area contributed by atoms with Crippen LogP contribution in [0.25, 0.3) is 16.2 Å². The van der Waals surface area contributed by atoms with Crippen molar-refractivity contribution in [1.29, 1.82) is 0 Å². The highest BCUT2D eigenvalue weighted by molar-refractivity contribution is 7.18. The maximum absolute atomic E-state index is 4.58. The lowest BCUT2D eigenvalue weighted by Gasteiger charge is -1.96. The zero-order chi connectivity index (χ0) is 12.4. The summed E-state index contributed by atoms with van der Waals surface area (Å²) >= 11 is 1.64. The number of fused-ring (bicyclic) bond motifs is 1. The molecule has 0 aliphatic rings. The Labute approximate surface area is 109 Å². The largest absolute Gasteiger partial charge is 0.362 e. The van der Waals surface area contributed by atoms with Crippen molar-refractivity contribution in [2.24, 2.45) is 0 Å². The summed E-state index contributed by atoms with van der Waals surface area (Å²) in [6.45, 7) is 3.10. The van der Waals surface area contributed by atoms with Gasteiger partial charge in [-0.1, -0.05) is 24.3 Å². The first-order chi connectivity index (χ1) is 8.86. The molecule has 3 rings (SSSR count). The van der Waals surface area contributed by atoms with E-state index in [9.17, 15) is 0 Å². The third-order valence-corrected chi connectivity index (χ3v) is 3.63. The van der Waals surface area contributed by atoms with Gasteiger partial charge in [-0.15, -0.1) is 0 Å². The van der Waals surface area contributed by atoms with Gasteiger partial charge in [0, 0.05) is 25.1 Å². The molecule has 92 valence electrons. The van der Waals surface area contributed by atoms with Gasteiger partial charge in [0.05, 0.1) is 4.88 Å². The Balaban J connectivity index is 1.91. The molecule has 0 atom stereocenters. The first-order valence-electron chi connectivity index (χ1n) is 6.00. The van der Waals surface area contributed by atoms with E-state index in [2.05, 4.69) is 22.2 Å². The number of nitrogens with one attached hydrogen (secondary N) is 1. The quantitative estimate of drug-likeness (QED) is 0.781. The van der Waals surface area contributed by atoms with Gasteiger partial charge in [-0.2, -0.15) is 0 Å². The van der Waals surface area contributed by atoms with Gasteiger partial charge in [0.2, 0.25) is 0 Å². The second kappa shape index (κ2) is 4.78. The number of pyridine rings is 1. The van der Waals surface area contributed by atoms with E-state index in [-0.39, 0.29) is 0 Å². The molecule has 0 aromatic carbocycles. The van der Waals surface area contributed by atoms with Gasteiger partial charge >= 0.3 is 0 Å². The van der Waals surface area contributed by atoms with E-state index < -0.39 is 0 Å². The van der Waals surface area contributed by atoms with Crippen LogP contribution in [0.1, 0.15) is 13.3 Å². The molecule has 0 unspecified atom stereocenters.